The van der Waals surface area contributed by atoms with Crippen molar-refractivity contribution in [3.63, 3.8) is 0 Å². The highest BCUT2D eigenvalue weighted by Gasteiger charge is 2.05. The maximum Gasteiger partial charge on any atom is 0.271 e. The van der Waals surface area contributed by atoms with Gasteiger partial charge in [0.15, 0.2) is 0 Å². The standard InChI is InChI=1S/C17H17BrN2O2/c1-3-22-15-8-5-13(6-9-15)11-19-20-17(21)14-7-4-12(2)16(18)10-14/h4-11H,3H2,1-2H3,(H,20,21). The number of hydrazone groups is 1. The zero-order valence-corrected chi connectivity index (χ0v) is 14.1. The third-order valence-corrected chi connectivity index (χ3v) is 3.86. The molecule has 0 spiro atoms. The lowest BCUT2D eigenvalue weighted by Gasteiger charge is -2.03. The Morgan fingerprint density at radius 1 is 1.27 bits per heavy atom. The summed E-state index contributed by atoms with van der Waals surface area (Å²) < 4.78 is 6.26. The number of rotatable bonds is 5. The van der Waals surface area contributed by atoms with Gasteiger partial charge in [-0.3, -0.25) is 4.79 Å². The molecule has 0 aliphatic carbocycles. The fourth-order valence-electron chi connectivity index (χ4n) is 1.78. The normalized spacial score (nSPS) is 10.7. The van der Waals surface area contributed by atoms with Crippen molar-refractivity contribution in [2.75, 3.05) is 6.61 Å². The maximum absolute atomic E-state index is 12.0. The highest BCUT2D eigenvalue weighted by Crippen LogP contribution is 2.17. The Morgan fingerprint density at radius 2 is 2.00 bits per heavy atom. The van der Waals surface area contributed by atoms with E-state index >= 15 is 0 Å². The zero-order chi connectivity index (χ0) is 15.9. The van der Waals surface area contributed by atoms with E-state index in [-0.39, 0.29) is 5.91 Å². The summed E-state index contributed by atoms with van der Waals surface area (Å²) in [4.78, 5) is 12.0. The summed E-state index contributed by atoms with van der Waals surface area (Å²) in [7, 11) is 0. The number of hydrogen-bond donors (Lipinski definition) is 1. The molecule has 0 heterocycles. The number of carbonyl (C=O) groups is 1. The molecule has 5 heteroatoms. The molecule has 114 valence electrons. The number of halogens is 1. The molecule has 2 rings (SSSR count). The van der Waals surface area contributed by atoms with Crippen molar-refractivity contribution in [2.45, 2.75) is 13.8 Å². The number of nitrogens with zero attached hydrogens (tertiary/aromatic N) is 1. The molecule has 0 aliphatic heterocycles. The highest BCUT2D eigenvalue weighted by atomic mass is 79.9. The van der Waals surface area contributed by atoms with Gasteiger partial charge in [0.2, 0.25) is 0 Å². The summed E-state index contributed by atoms with van der Waals surface area (Å²) in [5, 5.41) is 3.96. The van der Waals surface area contributed by atoms with Crippen molar-refractivity contribution in [3.8, 4) is 5.75 Å². The van der Waals surface area contributed by atoms with Crippen LogP contribution >= 0.6 is 15.9 Å². The Kier molecular flexibility index (Phi) is 5.72. The van der Waals surface area contributed by atoms with Gasteiger partial charge in [0.05, 0.1) is 12.8 Å². The van der Waals surface area contributed by atoms with Crippen LogP contribution in [0.5, 0.6) is 5.75 Å². The van der Waals surface area contributed by atoms with Crippen LogP contribution in [0.15, 0.2) is 52.0 Å². The average Bonchev–Trinajstić information content (AvgIpc) is 2.52. The zero-order valence-electron chi connectivity index (χ0n) is 12.5. The maximum atomic E-state index is 12.0. The van der Waals surface area contributed by atoms with Crippen LogP contribution < -0.4 is 10.2 Å². The first-order valence-electron chi connectivity index (χ1n) is 6.92. The molecule has 0 aromatic heterocycles. The Labute approximate surface area is 138 Å². The fraction of sp³-hybridized carbons (Fsp3) is 0.176. The van der Waals surface area contributed by atoms with Gasteiger partial charge in [-0.05, 0) is 61.4 Å². The Hall–Kier alpha value is -2.14. The molecule has 0 saturated carbocycles. The van der Waals surface area contributed by atoms with Gasteiger partial charge in [-0.1, -0.05) is 22.0 Å². The minimum absolute atomic E-state index is 0.247. The van der Waals surface area contributed by atoms with Crippen LogP contribution in [0, 0.1) is 6.92 Å². The van der Waals surface area contributed by atoms with Gasteiger partial charge in [-0.25, -0.2) is 5.43 Å². The summed E-state index contributed by atoms with van der Waals surface area (Å²) >= 11 is 3.41. The van der Waals surface area contributed by atoms with E-state index in [1.54, 1.807) is 18.3 Å². The lowest BCUT2D eigenvalue weighted by Crippen LogP contribution is -2.17. The van der Waals surface area contributed by atoms with Gasteiger partial charge in [0.1, 0.15) is 5.75 Å². The van der Waals surface area contributed by atoms with Crippen LogP contribution in [-0.2, 0) is 0 Å². The Morgan fingerprint density at radius 3 is 2.64 bits per heavy atom. The van der Waals surface area contributed by atoms with Gasteiger partial charge in [0.25, 0.3) is 5.91 Å². The predicted octanol–water partition coefficient (Wildman–Crippen LogP) is 3.92. The third-order valence-electron chi connectivity index (χ3n) is 3.00. The average molecular weight is 361 g/mol. The van der Waals surface area contributed by atoms with E-state index in [1.165, 1.54) is 0 Å². The SMILES string of the molecule is CCOc1ccc(C=NNC(=O)c2ccc(C)c(Br)c2)cc1. The molecule has 0 aliphatic rings. The highest BCUT2D eigenvalue weighted by molar-refractivity contribution is 9.10. The largest absolute Gasteiger partial charge is 0.494 e. The molecular formula is C17H17BrN2O2. The molecule has 0 bridgehead atoms. The summed E-state index contributed by atoms with van der Waals surface area (Å²) in [5.74, 6) is 0.566. The van der Waals surface area contributed by atoms with Crippen LogP contribution in [0.1, 0.15) is 28.4 Å². The van der Waals surface area contributed by atoms with Gasteiger partial charge >= 0.3 is 0 Å². The topological polar surface area (TPSA) is 50.7 Å². The lowest BCUT2D eigenvalue weighted by atomic mass is 10.1. The smallest absolute Gasteiger partial charge is 0.271 e. The van der Waals surface area contributed by atoms with Crippen molar-refractivity contribution >= 4 is 28.1 Å². The van der Waals surface area contributed by atoms with Gasteiger partial charge in [0, 0.05) is 10.0 Å². The number of amides is 1. The first-order valence-corrected chi connectivity index (χ1v) is 7.72. The van der Waals surface area contributed by atoms with E-state index in [2.05, 4.69) is 26.5 Å². The summed E-state index contributed by atoms with van der Waals surface area (Å²) in [6.45, 7) is 4.54. The second-order valence-corrected chi connectivity index (χ2v) is 5.52. The number of carbonyl (C=O) groups excluding carboxylic acids is 1. The van der Waals surface area contributed by atoms with E-state index in [4.69, 9.17) is 4.74 Å². The second kappa shape index (κ2) is 7.75. The molecule has 0 unspecified atom stereocenters. The van der Waals surface area contributed by atoms with Gasteiger partial charge < -0.3 is 4.74 Å². The Bertz CT molecular complexity index is 682. The first kappa shape index (κ1) is 16.2. The van der Waals surface area contributed by atoms with Crippen LogP contribution in [0.4, 0.5) is 0 Å². The molecular weight excluding hydrogens is 344 g/mol. The molecule has 2 aromatic rings. The van der Waals surface area contributed by atoms with E-state index in [0.29, 0.717) is 12.2 Å². The lowest BCUT2D eigenvalue weighted by molar-refractivity contribution is 0.0955. The predicted molar refractivity (Wildman–Crippen MR) is 91.6 cm³/mol. The van der Waals surface area contributed by atoms with Crippen LogP contribution in [0.3, 0.4) is 0 Å². The molecule has 2 aromatic carbocycles. The van der Waals surface area contributed by atoms with Crippen LogP contribution in [0.25, 0.3) is 0 Å². The monoisotopic (exact) mass is 360 g/mol. The number of ether oxygens (including phenoxy) is 1. The number of nitrogens with one attached hydrogen (secondary N) is 1. The van der Waals surface area contributed by atoms with Crippen molar-refractivity contribution < 1.29 is 9.53 Å². The number of benzene rings is 2. The molecule has 22 heavy (non-hydrogen) atoms. The van der Waals surface area contributed by atoms with Crippen LogP contribution in [-0.4, -0.2) is 18.7 Å². The molecule has 0 fully saturated rings. The van der Waals surface area contributed by atoms with E-state index in [0.717, 1.165) is 21.3 Å². The second-order valence-electron chi connectivity index (χ2n) is 4.67. The molecule has 0 atom stereocenters. The van der Waals surface area contributed by atoms with Crippen molar-refractivity contribution in [1.29, 1.82) is 0 Å². The number of aryl methyl sites for hydroxylation is 1. The minimum atomic E-state index is -0.247. The molecule has 0 saturated heterocycles. The molecule has 0 radical (unpaired) electrons. The quantitative estimate of drug-likeness (QED) is 0.648. The summed E-state index contributed by atoms with van der Waals surface area (Å²) in [6, 6.07) is 12.9. The molecule has 1 amide bonds. The minimum Gasteiger partial charge on any atom is -0.494 e. The molecule has 4 nitrogen and oxygen atoms in total. The first-order chi connectivity index (χ1) is 10.6. The Balaban J connectivity index is 1.96. The molecule has 1 N–H and O–H groups in total. The van der Waals surface area contributed by atoms with Crippen molar-refractivity contribution in [2.24, 2.45) is 5.10 Å². The van der Waals surface area contributed by atoms with E-state index < -0.39 is 0 Å². The van der Waals surface area contributed by atoms with E-state index in [1.807, 2.05) is 44.2 Å². The van der Waals surface area contributed by atoms with Crippen molar-refractivity contribution in [3.05, 3.63) is 63.6 Å². The summed E-state index contributed by atoms with van der Waals surface area (Å²) in [5.41, 5.74) is 5.03. The number of hydrogen-bond acceptors (Lipinski definition) is 3. The van der Waals surface area contributed by atoms with Gasteiger partial charge in [-0.15, -0.1) is 0 Å². The van der Waals surface area contributed by atoms with E-state index in [9.17, 15) is 4.79 Å². The van der Waals surface area contributed by atoms with Crippen LogP contribution in [0.2, 0.25) is 0 Å². The van der Waals surface area contributed by atoms with Gasteiger partial charge in [-0.2, -0.15) is 5.10 Å². The summed E-state index contributed by atoms with van der Waals surface area (Å²) in [6.07, 6.45) is 1.59. The fourth-order valence-corrected chi connectivity index (χ4v) is 2.16. The van der Waals surface area contributed by atoms with Crippen molar-refractivity contribution in [1.82, 2.24) is 5.43 Å². The third kappa shape index (κ3) is 4.43.